The first kappa shape index (κ1) is 28.7. The van der Waals surface area contributed by atoms with Gasteiger partial charge in [-0.1, -0.05) is 6.42 Å². The Labute approximate surface area is 231 Å². The smallest absolute Gasteiger partial charge is 0.0573 e. The monoisotopic (exact) mass is 529 g/mol. The standard InChI is InChI=1S/C31H55N5O2/c1-37-26-16-12-22(13-17-26)32-20-24-6-3-8-28(34-24)30-10-5-11-31(36-30)29-9-4-7-25(35-29)21-33-23-14-18-27(38-2)19-15-23/h20-31,34-36H,3-19H2,1-2H3. The van der Waals surface area contributed by atoms with Gasteiger partial charge < -0.3 is 25.4 Å². The second-order valence-corrected chi connectivity index (χ2v) is 12.9. The van der Waals surface area contributed by atoms with E-state index in [0.717, 1.165) is 25.7 Å². The molecule has 3 N–H and O–H groups in total. The van der Waals surface area contributed by atoms with Gasteiger partial charge in [0.1, 0.15) is 0 Å². The number of ether oxygens (including phenoxy) is 2. The molecule has 3 aliphatic heterocycles. The summed E-state index contributed by atoms with van der Waals surface area (Å²) in [4.78, 5) is 10.0. The van der Waals surface area contributed by atoms with Crippen LogP contribution in [0.15, 0.2) is 9.98 Å². The van der Waals surface area contributed by atoms with Crippen molar-refractivity contribution in [3.05, 3.63) is 0 Å². The minimum Gasteiger partial charge on any atom is -0.381 e. The Morgan fingerprint density at radius 2 is 0.842 bits per heavy atom. The maximum Gasteiger partial charge on any atom is 0.0573 e. The summed E-state index contributed by atoms with van der Waals surface area (Å²) in [5, 5.41) is 12.1. The molecule has 0 aromatic heterocycles. The van der Waals surface area contributed by atoms with Gasteiger partial charge in [-0.15, -0.1) is 0 Å². The topological polar surface area (TPSA) is 79.3 Å². The molecular formula is C31H55N5O2. The Morgan fingerprint density at radius 1 is 0.474 bits per heavy atom. The zero-order chi connectivity index (χ0) is 26.2. The third-order valence-electron chi connectivity index (χ3n) is 10.3. The summed E-state index contributed by atoms with van der Waals surface area (Å²) in [7, 11) is 3.69. The van der Waals surface area contributed by atoms with Gasteiger partial charge in [-0.2, -0.15) is 0 Å². The van der Waals surface area contributed by atoms with Crippen LogP contribution in [-0.2, 0) is 9.47 Å². The van der Waals surface area contributed by atoms with E-state index in [9.17, 15) is 0 Å². The van der Waals surface area contributed by atoms with Crippen LogP contribution >= 0.6 is 0 Å². The molecule has 7 nitrogen and oxygen atoms in total. The predicted octanol–water partition coefficient (Wildman–Crippen LogP) is 4.58. The summed E-state index contributed by atoms with van der Waals surface area (Å²) in [6.45, 7) is 0. The lowest BCUT2D eigenvalue weighted by atomic mass is 9.83. The van der Waals surface area contributed by atoms with Gasteiger partial charge in [0.05, 0.1) is 12.2 Å². The van der Waals surface area contributed by atoms with Gasteiger partial charge in [0.15, 0.2) is 0 Å². The first-order chi connectivity index (χ1) is 18.7. The number of nitrogens with one attached hydrogen (secondary N) is 3. The second-order valence-electron chi connectivity index (χ2n) is 12.9. The highest BCUT2D eigenvalue weighted by Gasteiger charge is 2.35. The molecule has 0 bridgehead atoms. The molecule has 6 unspecified atom stereocenters. The predicted molar refractivity (Wildman–Crippen MR) is 157 cm³/mol. The van der Waals surface area contributed by atoms with E-state index >= 15 is 0 Å². The zero-order valence-corrected chi connectivity index (χ0v) is 24.2. The first-order valence-corrected chi connectivity index (χ1v) is 16.1. The van der Waals surface area contributed by atoms with Crippen molar-refractivity contribution in [3.63, 3.8) is 0 Å². The van der Waals surface area contributed by atoms with E-state index in [1.807, 2.05) is 14.2 Å². The maximum absolute atomic E-state index is 5.53. The number of nitrogens with zero attached hydrogens (tertiary/aromatic N) is 2. The molecule has 0 aromatic carbocycles. The van der Waals surface area contributed by atoms with Crippen LogP contribution in [0.1, 0.15) is 109 Å². The Morgan fingerprint density at radius 3 is 1.24 bits per heavy atom. The largest absolute Gasteiger partial charge is 0.381 e. The van der Waals surface area contributed by atoms with Crippen LogP contribution in [0.3, 0.4) is 0 Å². The summed E-state index contributed by atoms with van der Waals surface area (Å²) in [5.41, 5.74) is 0. The number of rotatable bonds is 8. The summed E-state index contributed by atoms with van der Waals surface area (Å²) in [6, 6.07) is 4.14. The Hall–Kier alpha value is -0.860. The normalized spacial score (nSPS) is 43.5. The van der Waals surface area contributed by atoms with Gasteiger partial charge in [0, 0.05) is 75.0 Å². The summed E-state index contributed by atoms with van der Waals surface area (Å²) in [6.07, 6.45) is 26.3. The SMILES string of the molecule is COC1CCC(N=CC2CCCC(C3CCCC(C4CCCC(C=NC5CCC(OC)CC5)N4)N3)N2)CC1. The van der Waals surface area contributed by atoms with E-state index in [0.29, 0.717) is 60.5 Å². The number of methoxy groups -OCH3 is 2. The van der Waals surface area contributed by atoms with Crippen LogP contribution in [0.2, 0.25) is 0 Å². The van der Waals surface area contributed by atoms with Crippen molar-refractivity contribution in [2.24, 2.45) is 9.98 Å². The number of hydrogen-bond donors (Lipinski definition) is 3. The van der Waals surface area contributed by atoms with E-state index in [4.69, 9.17) is 19.5 Å². The third-order valence-corrected chi connectivity index (χ3v) is 10.3. The molecular weight excluding hydrogens is 474 g/mol. The highest BCUT2D eigenvalue weighted by Crippen LogP contribution is 2.27. The van der Waals surface area contributed by atoms with Crippen LogP contribution in [0, 0.1) is 0 Å². The maximum atomic E-state index is 5.53. The van der Waals surface area contributed by atoms with Gasteiger partial charge in [-0.05, 0) is 103 Å². The lowest BCUT2D eigenvalue weighted by Crippen LogP contribution is -2.62. The third kappa shape index (κ3) is 8.09. The van der Waals surface area contributed by atoms with Gasteiger partial charge in [0.25, 0.3) is 0 Å². The van der Waals surface area contributed by atoms with Gasteiger partial charge in [0.2, 0.25) is 0 Å². The minimum absolute atomic E-state index is 0.434. The molecule has 2 saturated carbocycles. The van der Waals surface area contributed by atoms with E-state index in [2.05, 4.69) is 28.4 Å². The van der Waals surface area contributed by atoms with Crippen molar-refractivity contribution in [1.82, 2.24) is 16.0 Å². The fraction of sp³-hybridized carbons (Fsp3) is 0.935. The molecule has 6 atom stereocenters. The summed E-state index contributed by atoms with van der Waals surface area (Å²) < 4.78 is 11.1. The average Bonchev–Trinajstić information content (AvgIpc) is 3.00. The molecule has 2 aliphatic carbocycles. The van der Waals surface area contributed by atoms with Crippen LogP contribution < -0.4 is 16.0 Å². The first-order valence-electron chi connectivity index (χ1n) is 16.1. The lowest BCUT2D eigenvalue weighted by Gasteiger charge is -2.44. The average molecular weight is 530 g/mol. The fourth-order valence-corrected chi connectivity index (χ4v) is 7.81. The molecule has 0 aromatic rings. The lowest BCUT2D eigenvalue weighted by molar-refractivity contribution is 0.0666. The van der Waals surface area contributed by atoms with E-state index < -0.39 is 0 Å². The van der Waals surface area contributed by atoms with Crippen LogP contribution in [0.4, 0.5) is 0 Å². The van der Waals surface area contributed by atoms with Crippen molar-refractivity contribution in [2.45, 2.75) is 170 Å². The number of aliphatic imine (C=N–C) groups is 2. The van der Waals surface area contributed by atoms with Crippen LogP contribution in [0.5, 0.6) is 0 Å². The Bertz CT molecular complexity index is 687. The highest BCUT2D eigenvalue weighted by atomic mass is 16.5. The van der Waals surface area contributed by atoms with Gasteiger partial charge >= 0.3 is 0 Å². The highest BCUT2D eigenvalue weighted by molar-refractivity contribution is 5.65. The van der Waals surface area contributed by atoms with Crippen molar-refractivity contribution in [1.29, 1.82) is 0 Å². The van der Waals surface area contributed by atoms with Crippen molar-refractivity contribution < 1.29 is 9.47 Å². The Balaban J connectivity index is 1.07. The molecule has 3 heterocycles. The molecule has 3 saturated heterocycles. The fourth-order valence-electron chi connectivity index (χ4n) is 7.81. The van der Waals surface area contributed by atoms with Gasteiger partial charge in [-0.3, -0.25) is 9.98 Å². The van der Waals surface area contributed by atoms with Crippen molar-refractivity contribution in [2.75, 3.05) is 14.2 Å². The molecule has 5 aliphatic rings. The van der Waals surface area contributed by atoms with E-state index in [-0.39, 0.29) is 0 Å². The van der Waals surface area contributed by atoms with Gasteiger partial charge in [-0.25, -0.2) is 0 Å². The van der Waals surface area contributed by atoms with Crippen LogP contribution in [-0.4, -0.2) is 87.2 Å². The molecule has 216 valence electrons. The Kier molecular flexibility index (Phi) is 11.1. The molecule has 5 rings (SSSR count). The molecule has 38 heavy (non-hydrogen) atoms. The molecule has 0 spiro atoms. The summed E-state index contributed by atoms with van der Waals surface area (Å²) >= 11 is 0. The minimum atomic E-state index is 0.434. The number of piperidine rings is 3. The zero-order valence-electron chi connectivity index (χ0n) is 24.2. The molecule has 0 amide bonds. The molecule has 5 fully saturated rings. The van der Waals surface area contributed by atoms with Crippen molar-refractivity contribution in [3.8, 4) is 0 Å². The van der Waals surface area contributed by atoms with E-state index in [1.54, 1.807) is 0 Å². The molecule has 0 radical (unpaired) electrons. The molecule has 7 heteroatoms. The summed E-state index contributed by atoms with van der Waals surface area (Å²) in [5.74, 6) is 0. The quantitative estimate of drug-likeness (QED) is 0.401. The van der Waals surface area contributed by atoms with Crippen molar-refractivity contribution >= 4 is 12.4 Å². The number of hydrogen-bond acceptors (Lipinski definition) is 7. The van der Waals surface area contributed by atoms with E-state index in [1.165, 1.54) is 83.5 Å². The van der Waals surface area contributed by atoms with Crippen LogP contribution in [0.25, 0.3) is 0 Å². The second kappa shape index (κ2) is 14.7.